The Hall–Kier alpha value is -1.35. The molecule has 0 aliphatic heterocycles. The van der Waals surface area contributed by atoms with Crippen LogP contribution in [0.25, 0.3) is 0 Å². The Morgan fingerprint density at radius 3 is 1.96 bits per heavy atom. The number of hydrogen-bond donors (Lipinski definition) is 0. The summed E-state index contributed by atoms with van der Waals surface area (Å²) in [5, 5.41) is 9.93. The predicted molar refractivity (Wildman–Crippen MR) is 100 cm³/mol. The van der Waals surface area contributed by atoms with Crippen LogP contribution in [0.1, 0.15) is 65.9 Å². The number of aliphatic carboxylic acids is 1. The van der Waals surface area contributed by atoms with Gasteiger partial charge >= 0.3 is 0 Å². The van der Waals surface area contributed by atoms with Gasteiger partial charge in [0.15, 0.2) is 0 Å². The molecule has 0 radical (unpaired) electrons. The van der Waals surface area contributed by atoms with E-state index in [9.17, 15) is 9.90 Å². The van der Waals surface area contributed by atoms with E-state index in [4.69, 9.17) is 0 Å². The Morgan fingerprint density at radius 2 is 1.54 bits per heavy atom. The van der Waals surface area contributed by atoms with Gasteiger partial charge in [-0.3, -0.25) is 0 Å². The molecule has 0 aliphatic carbocycles. The van der Waals surface area contributed by atoms with Gasteiger partial charge in [-0.25, -0.2) is 0 Å². The molecule has 3 heteroatoms. The van der Waals surface area contributed by atoms with Gasteiger partial charge in [0.25, 0.3) is 0 Å². The van der Waals surface area contributed by atoms with Crippen molar-refractivity contribution in [2.75, 3.05) is 19.6 Å². The van der Waals surface area contributed by atoms with Crippen molar-refractivity contribution in [1.82, 2.24) is 0 Å². The number of carboxylic acids is 1. The number of quaternary nitrogens is 1. The maximum Gasteiger partial charge on any atom is 0.104 e. The molecule has 1 aromatic carbocycles. The van der Waals surface area contributed by atoms with E-state index >= 15 is 0 Å². The Labute approximate surface area is 149 Å². The van der Waals surface area contributed by atoms with Gasteiger partial charge in [-0.2, -0.15) is 0 Å². The lowest BCUT2D eigenvalue weighted by Crippen LogP contribution is -2.46. The molecular formula is C21H37NO2. The molecule has 1 aromatic rings. The van der Waals surface area contributed by atoms with Crippen LogP contribution in [0.2, 0.25) is 0 Å². The van der Waals surface area contributed by atoms with Crippen LogP contribution in [0.4, 0.5) is 0 Å². The SMILES string of the molecule is CC(C)CCCCC(=O)[O-].CC[N+](CC)(CC)Cc1ccccc1. The van der Waals surface area contributed by atoms with Crippen LogP contribution in [-0.4, -0.2) is 30.1 Å². The topological polar surface area (TPSA) is 40.1 Å². The lowest BCUT2D eigenvalue weighted by molar-refractivity contribution is -0.936. The predicted octanol–water partition coefficient (Wildman–Crippen LogP) is 4.02. The maximum atomic E-state index is 9.93. The second kappa shape index (κ2) is 13.0. The minimum Gasteiger partial charge on any atom is -0.550 e. The van der Waals surface area contributed by atoms with Crippen LogP contribution in [0.15, 0.2) is 30.3 Å². The number of nitrogens with zero attached hydrogens (tertiary/aromatic N) is 1. The van der Waals surface area contributed by atoms with Crippen molar-refractivity contribution < 1.29 is 14.4 Å². The average Bonchev–Trinajstić information content (AvgIpc) is 2.58. The van der Waals surface area contributed by atoms with Gasteiger partial charge < -0.3 is 14.4 Å². The molecule has 0 aromatic heterocycles. The molecule has 1 rings (SSSR count). The Balaban J connectivity index is 0.000000470. The first-order valence-electron chi connectivity index (χ1n) is 9.48. The summed E-state index contributed by atoms with van der Waals surface area (Å²) in [5.74, 6) is -0.245. The van der Waals surface area contributed by atoms with E-state index < -0.39 is 5.97 Å². The molecule has 3 nitrogen and oxygen atoms in total. The van der Waals surface area contributed by atoms with Crippen molar-refractivity contribution in [1.29, 1.82) is 0 Å². The van der Waals surface area contributed by atoms with Crippen molar-refractivity contribution in [3.8, 4) is 0 Å². The Morgan fingerprint density at radius 1 is 1.00 bits per heavy atom. The standard InChI is InChI=1S/C13H22N.C8H16O2/c1-4-14(5-2,6-3)12-13-10-8-7-9-11-13;1-7(2)5-3-4-6-8(9)10/h7-11H,4-6,12H2,1-3H3;7H,3-6H2,1-2H3,(H,9,10)/q+1;/p-1. The fourth-order valence-corrected chi connectivity index (χ4v) is 2.80. The lowest BCUT2D eigenvalue weighted by Gasteiger charge is -2.35. The third-order valence-corrected chi connectivity index (χ3v) is 4.79. The molecule has 0 unspecified atom stereocenters. The van der Waals surface area contributed by atoms with E-state index in [1.807, 2.05) is 0 Å². The largest absolute Gasteiger partial charge is 0.550 e. The monoisotopic (exact) mass is 335 g/mol. The van der Waals surface area contributed by atoms with Crippen molar-refractivity contribution >= 4 is 5.97 Å². The van der Waals surface area contributed by atoms with Crippen LogP contribution in [0, 0.1) is 5.92 Å². The number of carboxylic acid groups (broad SMARTS) is 1. The zero-order valence-corrected chi connectivity index (χ0v) is 16.4. The van der Waals surface area contributed by atoms with Gasteiger partial charge in [0.2, 0.25) is 0 Å². The van der Waals surface area contributed by atoms with Gasteiger partial charge in [-0.1, -0.05) is 57.0 Å². The zero-order chi connectivity index (χ0) is 18.4. The average molecular weight is 336 g/mol. The summed E-state index contributed by atoms with van der Waals surface area (Å²) in [6.45, 7) is 16.0. The van der Waals surface area contributed by atoms with Crippen molar-refractivity contribution in [3.05, 3.63) is 35.9 Å². The summed E-state index contributed by atoms with van der Waals surface area (Å²) in [7, 11) is 0. The highest BCUT2D eigenvalue weighted by Gasteiger charge is 2.20. The second-order valence-corrected chi connectivity index (χ2v) is 6.95. The van der Waals surface area contributed by atoms with Crippen LogP contribution >= 0.6 is 0 Å². The summed E-state index contributed by atoms with van der Waals surface area (Å²) in [6, 6.07) is 10.8. The van der Waals surface area contributed by atoms with Gasteiger partial charge in [-0.05, 0) is 39.5 Å². The highest BCUT2D eigenvalue weighted by molar-refractivity contribution is 5.64. The molecule has 0 amide bonds. The molecule has 0 saturated carbocycles. The first-order chi connectivity index (χ1) is 11.4. The summed E-state index contributed by atoms with van der Waals surface area (Å²) < 4.78 is 1.20. The molecule has 0 spiro atoms. The summed E-state index contributed by atoms with van der Waals surface area (Å²) in [4.78, 5) is 9.93. The highest BCUT2D eigenvalue weighted by atomic mass is 16.4. The van der Waals surface area contributed by atoms with E-state index in [2.05, 4.69) is 65.0 Å². The quantitative estimate of drug-likeness (QED) is 0.479. The van der Waals surface area contributed by atoms with Crippen LogP contribution in [0.5, 0.6) is 0 Å². The van der Waals surface area contributed by atoms with Gasteiger partial charge in [-0.15, -0.1) is 0 Å². The van der Waals surface area contributed by atoms with E-state index in [0.29, 0.717) is 5.92 Å². The molecule has 0 saturated heterocycles. The van der Waals surface area contributed by atoms with Gasteiger partial charge in [0.1, 0.15) is 6.54 Å². The van der Waals surface area contributed by atoms with E-state index in [0.717, 1.165) is 19.3 Å². The number of unbranched alkanes of at least 4 members (excludes halogenated alkanes) is 1. The molecule has 0 heterocycles. The molecule has 0 atom stereocenters. The third-order valence-electron chi connectivity index (χ3n) is 4.79. The molecular weight excluding hydrogens is 298 g/mol. The fourth-order valence-electron chi connectivity index (χ4n) is 2.80. The van der Waals surface area contributed by atoms with Crippen molar-refractivity contribution in [2.24, 2.45) is 5.92 Å². The molecule has 0 fully saturated rings. The molecule has 0 N–H and O–H groups in total. The normalized spacial score (nSPS) is 11.1. The van der Waals surface area contributed by atoms with Gasteiger partial charge in [0, 0.05) is 11.5 Å². The number of benzene rings is 1. The molecule has 0 bridgehead atoms. The van der Waals surface area contributed by atoms with Crippen molar-refractivity contribution in [2.45, 2.75) is 66.8 Å². The minimum absolute atomic E-state index is 0.215. The van der Waals surface area contributed by atoms with Crippen LogP contribution in [0.3, 0.4) is 0 Å². The Kier molecular flexibility index (Phi) is 12.3. The van der Waals surface area contributed by atoms with Gasteiger partial charge in [0.05, 0.1) is 19.6 Å². The Bertz CT molecular complexity index is 416. The second-order valence-electron chi connectivity index (χ2n) is 6.95. The third kappa shape index (κ3) is 10.4. The highest BCUT2D eigenvalue weighted by Crippen LogP contribution is 2.13. The van der Waals surface area contributed by atoms with Crippen LogP contribution in [-0.2, 0) is 11.3 Å². The maximum absolute atomic E-state index is 9.93. The molecule has 138 valence electrons. The summed E-state index contributed by atoms with van der Waals surface area (Å²) >= 11 is 0. The number of rotatable bonds is 10. The summed E-state index contributed by atoms with van der Waals surface area (Å²) in [5.41, 5.74) is 1.46. The molecule has 24 heavy (non-hydrogen) atoms. The van der Waals surface area contributed by atoms with Crippen molar-refractivity contribution in [3.63, 3.8) is 0 Å². The van der Waals surface area contributed by atoms with E-state index in [1.165, 1.54) is 36.2 Å². The zero-order valence-electron chi connectivity index (χ0n) is 16.4. The lowest BCUT2D eigenvalue weighted by atomic mass is 10.1. The number of hydrogen-bond acceptors (Lipinski definition) is 2. The fraction of sp³-hybridized carbons (Fsp3) is 0.667. The summed E-state index contributed by atoms with van der Waals surface area (Å²) in [6.07, 6.45) is 3.10. The first kappa shape index (κ1) is 22.6. The minimum atomic E-state index is -0.927. The molecule has 0 aliphatic rings. The smallest absolute Gasteiger partial charge is 0.104 e. The van der Waals surface area contributed by atoms with E-state index in [1.54, 1.807) is 0 Å². The number of carbonyl (C=O) groups excluding carboxylic acids is 1. The number of carbonyl (C=O) groups is 1. The first-order valence-corrected chi connectivity index (χ1v) is 9.48. The van der Waals surface area contributed by atoms with Crippen LogP contribution < -0.4 is 5.11 Å². The van der Waals surface area contributed by atoms with E-state index in [-0.39, 0.29) is 6.42 Å².